The number of nitrogens with zero attached hydrogens (tertiary/aromatic N) is 5. The van der Waals surface area contributed by atoms with Crippen molar-refractivity contribution in [3.8, 4) is 33.9 Å². The van der Waals surface area contributed by atoms with Crippen molar-refractivity contribution in [3.05, 3.63) is 78.8 Å². The molecule has 0 bridgehead atoms. The molecule has 0 fully saturated rings. The van der Waals surface area contributed by atoms with Crippen LogP contribution in [0.25, 0.3) is 55.8 Å². The summed E-state index contributed by atoms with van der Waals surface area (Å²) in [6, 6.07) is 12.1. The molecule has 0 aliphatic carbocycles. The fourth-order valence-corrected chi connectivity index (χ4v) is 4.93. The number of hydrogen-bond acceptors (Lipinski definition) is 7. The van der Waals surface area contributed by atoms with E-state index in [2.05, 4.69) is 30.1 Å². The molecule has 9 nitrogen and oxygen atoms in total. The second-order valence-electron chi connectivity index (χ2n) is 8.82. The summed E-state index contributed by atoms with van der Waals surface area (Å²) in [5.74, 6) is -0.506. The van der Waals surface area contributed by atoms with Crippen LogP contribution in [0.4, 0.5) is 4.39 Å². The largest absolute Gasteiger partial charge is 0.353 e. The van der Waals surface area contributed by atoms with Crippen LogP contribution in [-0.2, 0) is 16.3 Å². The number of rotatable bonds is 6. The molecule has 6 aromatic rings. The minimum atomic E-state index is -3.17. The number of halogens is 1. The zero-order valence-corrected chi connectivity index (χ0v) is 20.4. The van der Waals surface area contributed by atoms with E-state index in [1.165, 1.54) is 24.7 Å². The average molecular weight is 514 g/mol. The van der Waals surface area contributed by atoms with Gasteiger partial charge in [0.1, 0.15) is 33.2 Å². The van der Waals surface area contributed by atoms with Crippen molar-refractivity contribution in [2.24, 2.45) is 0 Å². The first-order valence-electron chi connectivity index (χ1n) is 11.4. The Morgan fingerprint density at radius 3 is 2.59 bits per heavy atom. The minimum Gasteiger partial charge on any atom is -0.353 e. The Kier molecular flexibility index (Phi) is 5.49. The topological polar surface area (TPSA) is 130 Å². The van der Waals surface area contributed by atoms with Crippen LogP contribution in [0.5, 0.6) is 0 Å². The smallest absolute Gasteiger partial charge is 0.147 e. The maximum Gasteiger partial charge on any atom is 0.147 e. The quantitative estimate of drug-likeness (QED) is 0.339. The first kappa shape index (κ1) is 22.9. The van der Waals surface area contributed by atoms with Crippen LogP contribution in [0, 0.1) is 5.82 Å². The van der Waals surface area contributed by atoms with Gasteiger partial charge in [0.25, 0.3) is 0 Å². The molecular formula is C26H20FN7O2S. The SMILES string of the molecule is CS(=O)(=O)CCc1cc(F)cc(-c2nccc3[nH]c(-c4n[nH]c5ccc(-c6cncnc6)nc45)cc23)c1. The van der Waals surface area contributed by atoms with Gasteiger partial charge in [0.2, 0.25) is 0 Å². The van der Waals surface area contributed by atoms with Gasteiger partial charge in [-0.05, 0) is 54.4 Å². The maximum absolute atomic E-state index is 14.5. The van der Waals surface area contributed by atoms with E-state index in [-0.39, 0.29) is 12.2 Å². The number of benzene rings is 1. The number of H-pyrrole nitrogens is 2. The van der Waals surface area contributed by atoms with E-state index in [9.17, 15) is 12.8 Å². The monoisotopic (exact) mass is 513 g/mol. The summed E-state index contributed by atoms with van der Waals surface area (Å²) in [5, 5.41) is 8.28. The van der Waals surface area contributed by atoms with E-state index in [1.54, 1.807) is 24.7 Å². The van der Waals surface area contributed by atoms with Crippen molar-refractivity contribution in [3.63, 3.8) is 0 Å². The Hall–Kier alpha value is -4.51. The predicted octanol–water partition coefficient (Wildman–Crippen LogP) is 4.35. The Labute approximate surface area is 210 Å². The Morgan fingerprint density at radius 1 is 0.946 bits per heavy atom. The van der Waals surface area contributed by atoms with Crippen molar-refractivity contribution >= 4 is 31.8 Å². The third-order valence-electron chi connectivity index (χ3n) is 6.06. The van der Waals surface area contributed by atoms with Gasteiger partial charge < -0.3 is 4.98 Å². The van der Waals surface area contributed by atoms with Crippen LogP contribution >= 0.6 is 0 Å². The number of aromatic amines is 2. The molecular weight excluding hydrogens is 493 g/mol. The van der Waals surface area contributed by atoms with Crippen LogP contribution in [0.15, 0.2) is 67.4 Å². The highest BCUT2D eigenvalue weighted by atomic mass is 32.2. The lowest BCUT2D eigenvalue weighted by Crippen LogP contribution is -2.06. The van der Waals surface area contributed by atoms with Crippen LogP contribution in [0.3, 0.4) is 0 Å². The van der Waals surface area contributed by atoms with E-state index in [4.69, 9.17) is 4.98 Å². The van der Waals surface area contributed by atoms with Gasteiger partial charge in [-0.1, -0.05) is 0 Å². The normalized spacial score (nSPS) is 11.9. The number of nitrogens with one attached hydrogen (secondary N) is 2. The van der Waals surface area contributed by atoms with Gasteiger partial charge in [-0.15, -0.1) is 0 Å². The highest BCUT2D eigenvalue weighted by molar-refractivity contribution is 7.90. The van der Waals surface area contributed by atoms with Crippen molar-refractivity contribution in [2.75, 3.05) is 12.0 Å². The molecule has 0 spiro atoms. The Morgan fingerprint density at radius 2 is 1.78 bits per heavy atom. The van der Waals surface area contributed by atoms with E-state index in [0.717, 1.165) is 33.4 Å². The van der Waals surface area contributed by atoms with Crippen molar-refractivity contribution in [1.29, 1.82) is 0 Å². The summed E-state index contributed by atoms with van der Waals surface area (Å²) in [5.41, 5.74) is 6.84. The number of pyridine rings is 2. The van der Waals surface area contributed by atoms with E-state index >= 15 is 0 Å². The Bertz CT molecular complexity index is 1880. The van der Waals surface area contributed by atoms with Crippen molar-refractivity contribution < 1.29 is 12.8 Å². The van der Waals surface area contributed by atoms with Gasteiger partial charge in [0.05, 0.1) is 28.4 Å². The van der Waals surface area contributed by atoms with E-state index in [1.807, 2.05) is 24.3 Å². The van der Waals surface area contributed by atoms with Crippen LogP contribution in [0.1, 0.15) is 5.56 Å². The fraction of sp³-hybridized carbons (Fsp3) is 0.115. The van der Waals surface area contributed by atoms with Gasteiger partial charge >= 0.3 is 0 Å². The molecule has 0 saturated carbocycles. The lowest BCUT2D eigenvalue weighted by atomic mass is 10.0. The van der Waals surface area contributed by atoms with E-state index in [0.29, 0.717) is 28.0 Å². The zero-order valence-electron chi connectivity index (χ0n) is 19.6. The molecule has 0 amide bonds. The predicted molar refractivity (Wildman–Crippen MR) is 139 cm³/mol. The van der Waals surface area contributed by atoms with Gasteiger partial charge in [-0.3, -0.25) is 10.1 Å². The van der Waals surface area contributed by atoms with Gasteiger partial charge in [-0.25, -0.2) is 27.8 Å². The van der Waals surface area contributed by atoms with Crippen LogP contribution < -0.4 is 0 Å². The van der Waals surface area contributed by atoms with Gasteiger partial charge in [-0.2, -0.15) is 5.10 Å². The lowest BCUT2D eigenvalue weighted by molar-refractivity contribution is 0.600. The Balaban J connectivity index is 1.44. The minimum absolute atomic E-state index is 0.0574. The zero-order chi connectivity index (χ0) is 25.6. The number of aromatic nitrogens is 7. The average Bonchev–Trinajstić information content (AvgIpc) is 3.51. The summed E-state index contributed by atoms with van der Waals surface area (Å²) in [6.45, 7) is 0. The second kappa shape index (κ2) is 8.86. The van der Waals surface area contributed by atoms with E-state index < -0.39 is 15.7 Å². The third kappa shape index (κ3) is 4.56. The van der Waals surface area contributed by atoms with Crippen molar-refractivity contribution in [1.82, 2.24) is 35.1 Å². The number of hydrogen-bond donors (Lipinski definition) is 2. The number of fused-ring (bicyclic) bond motifs is 2. The second-order valence-corrected chi connectivity index (χ2v) is 11.1. The molecule has 6 rings (SSSR count). The molecule has 0 radical (unpaired) electrons. The molecule has 0 aliphatic heterocycles. The standard InChI is InChI=1S/C26H20FN7O2S/c1-37(35,36)7-5-15-8-16(10-18(27)9-15)24-19-11-23(31-21(19)4-6-30-24)26-25-22(33-34-26)3-2-20(32-25)17-12-28-14-29-13-17/h2-4,6,8-14,31H,5,7H2,1H3,(H,33,34). The summed E-state index contributed by atoms with van der Waals surface area (Å²) < 4.78 is 37.7. The molecule has 0 saturated heterocycles. The summed E-state index contributed by atoms with van der Waals surface area (Å²) in [4.78, 5) is 20.8. The highest BCUT2D eigenvalue weighted by Gasteiger charge is 2.17. The molecule has 2 N–H and O–H groups in total. The molecule has 0 atom stereocenters. The number of aryl methyl sites for hydroxylation is 1. The molecule has 0 aliphatic rings. The number of sulfone groups is 1. The molecule has 37 heavy (non-hydrogen) atoms. The molecule has 0 unspecified atom stereocenters. The highest BCUT2D eigenvalue weighted by Crippen LogP contribution is 2.33. The molecule has 5 aromatic heterocycles. The van der Waals surface area contributed by atoms with Crippen LogP contribution in [0.2, 0.25) is 0 Å². The molecule has 1 aromatic carbocycles. The molecule has 184 valence electrons. The van der Waals surface area contributed by atoms with Crippen molar-refractivity contribution in [2.45, 2.75) is 6.42 Å². The fourth-order valence-electron chi connectivity index (χ4n) is 4.33. The van der Waals surface area contributed by atoms with Crippen LogP contribution in [-0.4, -0.2) is 55.5 Å². The maximum atomic E-state index is 14.5. The third-order valence-corrected chi connectivity index (χ3v) is 7.01. The first-order chi connectivity index (χ1) is 17.8. The first-order valence-corrected chi connectivity index (χ1v) is 13.5. The van der Waals surface area contributed by atoms with Gasteiger partial charge in [0, 0.05) is 46.9 Å². The summed E-state index contributed by atoms with van der Waals surface area (Å²) in [7, 11) is -3.17. The molecule has 5 heterocycles. The summed E-state index contributed by atoms with van der Waals surface area (Å²) in [6.07, 6.45) is 7.90. The van der Waals surface area contributed by atoms with Gasteiger partial charge in [0.15, 0.2) is 0 Å². The summed E-state index contributed by atoms with van der Waals surface area (Å²) >= 11 is 0. The lowest BCUT2D eigenvalue weighted by Gasteiger charge is -2.07. The molecule has 11 heteroatoms.